The molecule has 22 heavy (non-hydrogen) atoms. The second-order valence-corrected chi connectivity index (χ2v) is 7.34. The molecule has 0 radical (unpaired) electrons. The average Bonchev–Trinajstić information content (AvgIpc) is 2.90. The molecule has 1 aromatic carbocycles. The molecule has 0 bridgehead atoms. The number of aliphatic hydroxyl groups is 1. The molecule has 3 nitrogen and oxygen atoms in total. The van der Waals surface area contributed by atoms with Gasteiger partial charge in [-0.3, -0.25) is 4.90 Å². The van der Waals surface area contributed by atoms with Gasteiger partial charge in [-0.2, -0.15) is 0 Å². The van der Waals surface area contributed by atoms with Crippen molar-refractivity contribution in [3.63, 3.8) is 0 Å². The number of anilines is 1. The minimum atomic E-state index is -0.157. The molecule has 2 atom stereocenters. The summed E-state index contributed by atoms with van der Waals surface area (Å²) in [4.78, 5) is 4.68. The zero-order chi connectivity index (χ0) is 15.5. The lowest BCUT2D eigenvalue weighted by atomic mass is 9.94. The molecule has 1 saturated heterocycles. The Kier molecular flexibility index (Phi) is 5.04. The van der Waals surface area contributed by atoms with E-state index in [4.69, 9.17) is 0 Å². The topological polar surface area (TPSA) is 26.7 Å². The van der Waals surface area contributed by atoms with Crippen molar-refractivity contribution in [2.45, 2.75) is 50.7 Å². The summed E-state index contributed by atoms with van der Waals surface area (Å²) in [5.74, 6) is 0.395. The summed E-state index contributed by atoms with van der Waals surface area (Å²) in [6.07, 6.45) is 7.64. The first-order valence-corrected chi connectivity index (χ1v) is 8.82. The van der Waals surface area contributed by atoms with Gasteiger partial charge in [0, 0.05) is 44.8 Å². The van der Waals surface area contributed by atoms with Gasteiger partial charge in [-0.25, -0.2) is 0 Å². The Morgan fingerprint density at radius 3 is 2.36 bits per heavy atom. The van der Waals surface area contributed by atoms with Gasteiger partial charge in [-0.15, -0.1) is 0 Å². The fraction of sp³-hybridized carbons (Fsp3) is 0.684. The first-order chi connectivity index (χ1) is 10.6. The van der Waals surface area contributed by atoms with Gasteiger partial charge in [-0.1, -0.05) is 31.4 Å². The third-order valence-electron chi connectivity index (χ3n) is 5.48. The highest BCUT2D eigenvalue weighted by molar-refractivity contribution is 5.46. The van der Waals surface area contributed by atoms with Crippen LogP contribution in [0.4, 0.5) is 5.69 Å². The molecule has 2 aliphatic rings. The van der Waals surface area contributed by atoms with E-state index >= 15 is 0 Å². The standard InChI is InChI=1S/C19H30N2O/c1-20(2)17-10-8-15(9-11-17)12-16-13-21(14-19(16)22)18-6-4-3-5-7-18/h8-11,16,18-19,22H,3-7,12-14H2,1-2H3. The van der Waals surface area contributed by atoms with Crippen LogP contribution in [0, 0.1) is 5.92 Å². The number of hydrogen-bond donors (Lipinski definition) is 1. The highest BCUT2D eigenvalue weighted by atomic mass is 16.3. The lowest BCUT2D eigenvalue weighted by Gasteiger charge is -2.30. The normalized spacial score (nSPS) is 27.2. The molecule has 0 spiro atoms. The maximum absolute atomic E-state index is 10.4. The fourth-order valence-corrected chi connectivity index (χ4v) is 4.06. The van der Waals surface area contributed by atoms with Gasteiger partial charge in [-0.05, 0) is 37.0 Å². The molecule has 2 fully saturated rings. The number of benzene rings is 1. The van der Waals surface area contributed by atoms with E-state index in [2.05, 4.69) is 48.2 Å². The van der Waals surface area contributed by atoms with E-state index in [1.54, 1.807) is 0 Å². The van der Waals surface area contributed by atoms with Crippen molar-refractivity contribution in [2.75, 3.05) is 32.1 Å². The van der Waals surface area contributed by atoms with Gasteiger partial charge in [0.25, 0.3) is 0 Å². The van der Waals surface area contributed by atoms with Crippen LogP contribution >= 0.6 is 0 Å². The van der Waals surface area contributed by atoms with Crippen molar-refractivity contribution < 1.29 is 5.11 Å². The molecule has 1 aromatic rings. The third kappa shape index (κ3) is 3.64. The van der Waals surface area contributed by atoms with Crippen molar-refractivity contribution in [3.8, 4) is 0 Å². The summed E-state index contributed by atoms with van der Waals surface area (Å²) in [5.41, 5.74) is 2.58. The van der Waals surface area contributed by atoms with Crippen molar-refractivity contribution in [1.82, 2.24) is 4.90 Å². The van der Waals surface area contributed by atoms with Gasteiger partial charge >= 0.3 is 0 Å². The van der Waals surface area contributed by atoms with E-state index in [0.29, 0.717) is 5.92 Å². The Morgan fingerprint density at radius 2 is 1.73 bits per heavy atom. The van der Waals surface area contributed by atoms with Crippen molar-refractivity contribution in [2.24, 2.45) is 5.92 Å². The Morgan fingerprint density at radius 1 is 1.05 bits per heavy atom. The number of likely N-dealkylation sites (tertiary alicyclic amines) is 1. The van der Waals surface area contributed by atoms with Crippen LogP contribution in [0.3, 0.4) is 0 Å². The summed E-state index contributed by atoms with van der Waals surface area (Å²) < 4.78 is 0. The first-order valence-electron chi connectivity index (χ1n) is 8.82. The van der Waals surface area contributed by atoms with Crippen LogP contribution in [0.5, 0.6) is 0 Å². The van der Waals surface area contributed by atoms with Crippen LogP contribution in [0.1, 0.15) is 37.7 Å². The quantitative estimate of drug-likeness (QED) is 0.926. The van der Waals surface area contributed by atoms with E-state index in [9.17, 15) is 5.11 Å². The van der Waals surface area contributed by atoms with Crippen LogP contribution in [-0.4, -0.2) is 49.3 Å². The smallest absolute Gasteiger partial charge is 0.0710 e. The highest BCUT2D eigenvalue weighted by Gasteiger charge is 2.35. The summed E-state index contributed by atoms with van der Waals surface area (Å²) >= 11 is 0. The van der Waals surface area contributed by atoms with E-state index < -0.39 is 0 Å². The Labute approximate surface area is 134 Å². The predicted molar refractivity (Wildman–Crippen MR) is 92.4 cm³/mol. The van der Waals surface area contributed by atoms with Gasteiger partial charge in [0.2, 0.25) is 0 Å². The minimum Gasteiger partial charge on any atom is -0.391 e. The molecule has 3 heteroatoms. The minimum absolute atomic E-state index is 0.157. The molecular weight excluding hydrogens is 272 g/mol. The number of rotatable bonds is 4. The van der Waals surface area contributed by atoms with E-state index in [1.165, 1.54) is 43.4 Å². The van der Waals surface area contributed by atoms with Crippen LogP contribution in [-0.2, 0) is 6.42 Å². The monoisotopic (exact) mass is 302 g/mol. The molecule has 1 aliphatic heterocycles. The maximum atomic E-state index is 10.4. The molecule has 0 aromatic heterocycles. The van der Waals surface area contributed by atoms with Crippen LogP contribution in [0.15, 0.2) is 24.3 Å². The second-order valence-electron chi connectivity index (χ2n) is 7.34. The number of aliphatic hydroxyl groups excluding tert-OH is 1. The van der Waals surface area contributed by atoms with Crippen molar-refractivity contribution >= 4 is 5.69 Å². The van der Waals surface area contributed by atoms with Crippen molar-refractivity contribution in [1.29, 1.82) is 0 Å². The molecule has 122 valence electrons. The fourth-order valence-electron chi connectivity index (χ4n) is 4.06. The van der Waals surface area contributed by atoms with Crippen molar-refractivity contribution in [3.05, 3.63) is 29.8 Å². The van der Waals surface area contributed by atoms with Gasteiger partial charge < -0.3 is 10.0 Å². The summed E-state index contributed by atoms with van der Waals surface area (Å²) in [7, 11) is 4.13. The Balaban J connectivity index is 1.58. The number of β-amino-alcohol motifs (C(OH)–C–C–N with tert-alkyl or cyclic N) is 1. The second kappa shape index (κ2) is 7.01. The molecule has 1 saturated carbocycles. The largest absolute Gasteiger partial charge is 0.391 e. The number of hydrogen-bond acceptors (Lipinski definition) is 3. The predicted octanol–water partition coefficient (Wildman–Crippen LogP) is 2.92. The Hall–Kier alpha value is -1.06. The molecule has 1 aliphatic carbocycles. The zero-order valence-corrected chi connectivity index (χ0v) is 14.0. The molecule has 2 unspecified atom stereocenters. The van der Waals surface area contributed by atoms with Gasteiger partial charge in [0.15, 0.2) is 0 Å². The van der Waals surface area contributed by atoms with E-state index in [0.717, 1.165) is 25.6 Å². The van der Waals surface area contributed by atoms with Gasteiger partial charge in [0.1, 0.15) is 0 Å². The SMILES string of the molecule is CN(C)c1ccc(CC2CN(C3CCCCC3)CC2O)cc1. The van der Waals surface area contributed by atoms with Crippen LogP contribution in [0.2, 0.25) is 0 Å². The van der Waals surface area contributed by atoms with Crippen LogP contribution in [0.25, 0.3) is 0 Å². The average molecular weight is 302 g/mol. The zero-order valence-electron chi connectivity index (χ0n) is 14.0. The summed E-state index contributed by atoms with van der Waals surface area (Å²) in [6, 6.07) is 9.51. The maximum Gasteiger partial charge on any atom is 0.0710 e. The molecule has 0 amide bonds. The van der Waals surface area contributed by atoms with E-state index in [1.807, 2.05) is 0 Å². The first kappa shape index (κ1) is 15.8. The molecule has 1 N–H and O–H groups in total. The van der Waals surface area contributed by atoms with E-state index in [-0.39, 0.29) is 6.10 Å². The van der Waals surface area contributed by atoms with Crippen LogP contribution < -0.4 is 4.90 Å². The number of nitrogens with zero attached hydrogens (tertiary/aromatic N) is 2. The third-order valence-corrected chi connectivity index (χ3v) is 5.48. The molecular formula is C19H30N2O. The van der Waals surface area contributed by atoms with Gasteiger partial charge in [0.05, 0.1) is 6.10 Å². The summed E-state index contributed by atoms with van der Waals surface area (Å²) in [5, 5.41) is 10.4. The Bertz CT molecular complexity index is 465. The lowest BCUT2D eigenvalue weighted by molar-refractivity contribution is 0.129. The highest BCUT2D eigenvalue weighted by Crippen LogP contribution is 2.29. The molecule has 3 rings (SSSR count). The summed E-state index contributed by atoms with van der Waals surface area (Å²) in [6.45, 7) is 1.95. The molecule has 1 heterocycles. The lowest BCUT2D eigenvalue weighted by Crippen LogP contribution is -2.35.